The largest absolute Gasteiger partial charge is 0.372 e. The lowest BCUT2D eigenvalue weighted by molar-refractivity contribution is -0.115. The molecule has 1 fully saturated rings. The van der Waals surface area contributed by atoms with Crippen molar-refractivity contribution in [2.75, 3.05) is 34.8 Å². The van der Waals surface area contributed by atoms with Crippen molar-refractivity contribution in [3.05, 3.63) is 54.1 Å². The van der Waals surface area contributed by atoms with Gasteiger partial charge in [0.1, 0.15) is 6.54 Å². The predicted octanol–water partition coefficient (Wildman–Crippen LogP) is 3.28. The fourth-order valence-corrected chi connectivity index (χ4v) is 3.54. The molecule has 0 unspecified atom stereocenters. The Morgan fingerprint density at radius 2 is 1.64 bits per heavy atom. The van der Waals surface area contributed by atoms with E-state index in [0.29, 0.717) is 11.3 Å². The highest BCUT2D eigenvalue weighted by molar-refractivity contribution is 6.15. The Kier molecular flexibility index (Phi) is 4.14. The standard InChI is InChI=1S/C20H21N3O2/c24-19-14-23(18-7-3-2-6-17(18)21-19)20(25)15-8-10-16(11-9-15)22-12-4-1-5-13-22/h2-3,6-11H,1,4-5,12-14H2,(H,21,24). The third kappa shape index (κ3) is 3.09. The zero-order valence-corrected chi connectivity index (χ0v) is 14.1. The smallest absolute Gasteiger partial charge is 0.258 e. The van der Waals surface area contributed by atoms with E-state index in [2.05, 4.69) is 10.2 Å². The molecule has 0 bridgehead atoms. The summed E-state index contributed by atoms with van der Waals surface area (Å²) in [6.45, 7) is 2.20. The summed E-state index contributed by atoms with van der Waals surface area (Å²) in [5.41, 5.74) is 3.18. The number of nitrogens with one attached hydrogen (secondary N) is 1. The summed E-state index contributed by atoms with van der Waals surface area (Å²) in [6.07, 6.45) is 3.74. The van der Waals surface area contributed by atoms with Crippen molar-refractivity contribution in [3.8, 4) is 0 Å². The van der Waals surface area contributed by atoms with Crippen molar-refractivity contribution < 1.29 is 9.59 Å². The Morgan fingerprint density at radius 1 is 0.920 bits per heavy atom. The molecule has 0 spiro atoms. The van der Waals surface area contributed by atoms with E-state index in [1.807, 2.05) is 48.5 Å². The SMILES string of the molecule is O=C1CN(C(=O)c2ccc(N3CCCCC3)cc2)c2ccccc2N1. The van der Waals surface area contributed by atoms with Gasteiger partial charge in [0.25, 0.3) is 5.91 Å². The van der Waals surface area contributed by atoms with Crippen molar-refractivity contribution in [1.29, 1.82) is 0 Å². The van der Waals surface area contributed by atoms with E-state index in [-0.39, 0.29) is 18.4 Å². The molecular weight excluding hydrogens is 314 g/mol. The number of rotatable bonds is 2. The first kappa shape index (κ1) is 15.7. The quantitative estimate of drug-likeness (QED) is 0.916. The Morgan fingerprint density at radius 3 is 2.40 bits per heavy atom. The van der Waals surface area contributed by atoms with E-state index in [1.54, 1.807) is 4.90 Å². The third-order valence-electron chi connectivity index (χ3n) is 4.85. The number of hydrogen-bond donors (Lipinski definition) is 1. The van der Waals surface area contributed by atoms with Gasteiger partial charge in [-0.15, -0.1) is 0 Å². The molecule has 2 heterocycles. The van der Waals surface area contributed by atoms with Crippen LogP contribution in [0.15, 0.2) is 48.5 Å². The number of fused-ring (bicyclic) bond motifs is 1. The number of anilines is 3. The maximum Gasteiger partial charge on any atom is 0.258 e. The van der Waals surface area contributed by atoms with E-state index in [4.69, 9.17) is 0 Å². The highest BCUT2D eigenvalue weighted by Gasteiger charge is 2.27. The van der Waals surface area contributed by atoms with Crippen LogP contribution in [-0.4, -0.2) is 31.4 Å². The van der Waals surface area contributed by atoms with Crippen LogP contribution in [0.1, 0.15) is 29.6 Å². The van der Waals surface area contributed by atoms with Crippen molar-refractivity contribution in [2.45, 2.75) is 19.3 Å². The van der Waals surface area contributed by atoms with Crippen LogP contribution in [0.25, 0.3) is 0 Å². The lowest BCUT2D eigenvalue weighted by atomic mass is 10.1. The molecule has 128 valence electrons. The molecule has 2 amide bonds. The number of carbonyl (C=O) groups excluding carboxylic acids is 2. The molecule has 0 atom stereocenters. The maximum absolute atomic E-state index is 12.9. The predicted molar refractivity (Wildman–Crippen MR) is 99.3 cm³/mol. The molecule has 0 aromatic heterocycles. The molecular formula is C20H21N3O2. The average molecular weight is 335 g/mol. The summed E-state index contributed by atoms with van der Waals surface area (Å²) < 4.78 is 0. The van der Waals surface area contributed by atoms with E-state index < -0.39 is 0 Å². The van der Waals surface area contributed by atoms with E-state index in [0.717, 1.165) is 24.5 Å². The molecule has 2 aliphatic rings. The summed E-state index contributed by atoms with van der Waals surface area (Å²) in [4.78, 5) is 28.8. The number of hydrogen-bond acceptors (Lipinski definition) is 3. The molecule has 2 aromatic rings. The van der Waals surface area contributed by atoms with Gasteiger partial charge in [-0.1, -0.05) is 12.1 Å². The average Bonchev–Trinajstić information content (AvgIpc) is 2.67. The minimum atomic E-state index is -0.169. The molecule has 0 saturated carbocycles. The summed E-state index contributed by atoms with van der Waals surface area (Å²) in [5.74, 6) is -0.315. The highest BCUT2D eigenvalue weighted by atomic mass is 16.2. The Hall–Kier alpha value is -2.82. The molecule has 2 aliphatic heterocycles. The Balaban J connectivity index is 1.58. The zero-order valence-electron chi connectivity index (χ0n) is 14.1. The monoisotopic (exact) mass is 335 g/mol. The van der Waals surface area contributed by atoms with Crippen LogP contribution in [-0.2, 0) is 4.79 Å². The zero-order chi connectivity index (χ0) is 17.2. The van der Waals surface area contributed by atoms with Crippen LogP contribution in [0.3, 0.4) is 0 Å². The van der Waals surface area contributed by atoms with E-state index in [1.165, 1.54) is 19.3 Å². The second kappa shape index (κ2) is 6.59. The Bertz CT molecular complexity index is 795. The summed E-state index contributed by atoms with van der Waals surface area (Å²) >= 11 is 0. The van der Waals surface area contributed by atoms with E-state index in [9.17, 15) is 9.59 Å². The number of carbonyl (C=O) groups is 2. The molecule has 0 aliphatic carbocycles. The van der Waals surface area contributed by atoms with Gasteiger partial charge >= 0.3 is 0 Å². The van der Waals surface area contributed by atoms with Gasteiger partial charge < -0.3 is 10.2 Å². The van der Waals surface area contributed by atoms with Gasteiger partial charge in [-0.05, 0) is 55.7 Å². The first-order chi connectivity index (χ1) is 12.2. The van der Waals surface area contributed by atoms with Gasteiger partial charge in [0.05, 0.1) is 11.4 Å². The molecule has 1 saturated heterocycles. The van der Waals surface area contributed by atoms with Gasteiger partial charge in [0.2, 0.25) is 5.91 Å². The molecule has 4 rings (SSSR count). The fourth-order valence-electron chi connectivity index (χ4n) is 3.54. The molecule has 1 N–H and O–H groups in total. The molecule has 5 nitrogen and oxygen atoms in total. The van der Waals surface area contributed by atoms with Crippen LogP contribution >= 0.6 is 0 Å². The highest BCUT2D eigenvalue weighted by Crippen LogP contribution is 2.30. The molecule has 5 heteroatoms. The maximum atomic E-state index is 12.9. The summed E-state index contributed by atoms with van der Waals surface area (Å²) in [6, 6.07) is 15.1. The normalized spacial score (nSPS) is 17.0. The first-order valence-corrected chi connectivity index (χ1v) is 8.78. The minimum absolute atomic E-state index is 0.0454. The van der Waals surface area contributed by atoms with E-state index >= 15 is 0 Å². The second-order valence-corrected chi connectivity index (χ2v) is 6.55. The summed E-state index contributed by atoms with van der Waals surface area (Å²) in [7, 11) is 0. The summed E-state index contributed by atoms with van der Waals surface area (Å²) in [5, 5.41) is 2.81. The number of para-hydroxylation sites is 2. The van der Waals surface area contributed by atoms with Gasteiger partial charge in [-0.25, -0.2) is 0 Å². The van der Waals surface area contributed by atoms with Gasteiger partial charge in [0, 0.05) is 24.3 Å². The lowest BCUT2D eigenvalue weighted by Crippen LogP contribution is -2.42. The molecule has 2 aromatic carbocycles. The fraction of sp³-hybridized carbons (Fsp3) is 0.300. The third-order valence-corrected chi connectivity index (χ3v) is 4.85. The van der Waals surface area contributed by atoms with Crippen LogP contribution in [0.5, 0.6) is 0 Å². The van der Waals surface area contributed by atoms with Gasteiger partial charge in [-0.3, -0.25) is 14.5 Å². The number of piperidine rings is 1. The van der Waals surface area contributed by atoms with Crippen LogP contribution in [0, 0.1) is 0 Å². The number of amides is 2. The second-order valence-electron chi connectivity index (χ2n) is 6.55. The van der Waals surface area contributed by atoms with Crippen molar-refractivity contribution in [2.24, 2.45) is 0 Å². The van der Waals surface area contributed by atoms with Crippen LogP contribution in [0.4, 0.5) is 17.1 Å². The number of nitrogens with zero attached hydrogens (tertiary/aromatic N) is 2. The molecule has 0 radical (unpaired) electrons. The number of benzene rings is 2. The minimum Gasteiger partial charge on any atom is -0.372 e. The van der Waals surface area contributed by atoms with Gasteiger partial charge in [-0.2, -0.15) is 0 Å². The van der Waals surface area contributed by atoms with Crippen LogP contribution in [0.2, 0.25) is 0 Å². The molecule has 25 heavy (non-hydrogen) atoms. The first-order valence-electron chi connectivity index (χ1n) is 8.78. The lowest BCUT2D eigenvalue weighted by Gasteiger charge is -2.30. The van der Waals surface area contributed by atoms with Crippen molar-refractivity contribution >= 4 is 28.9 Å². The van der Waals surface area contributed by atoms with Gasteiger partial charge in [0.15, 0.2) is 0 Å². The van der Waals surface area contributed by atoms with Crippen LogP contribution < -0.4 is 15.1 Å². The van der Waals surface area contributed by atoms with Crippen molar-refractivity contribution in [1.82, 2.24) is 0 Å². The Labute approximate surface area is 147 Å². The van der Waals surface area contributed by atoms with Crippen molar-refractivity contribution in [3.63, 3.8) is 0 Å². The topological polar surface area (TPSA) is 52.7 Å².